The fourth-order valence-corrected chi connectivity index (χ4v) is 3.01. The number of halogens is 2. The number of benzene rings is 2. The maximum absolute atomic E-state index is 6.26. The largest absolute Gasteiger partial charge is 0.399 e. The summed E-state index contributed by atoms with van der Waals surface area (Å²) in [7, 11) is 2.05. The van der Waals surface area contributed by atoms with Crippen molar-refractivity contribution in [1.82, 2.24) is 0 Å². The molecule has 0 heterocycles. The zero-order valence-electron chi connectivity index (χ0n) is 10.9. The van der Waals surface area contributed by atoms with Gasteiger partial charge in [0, 0.05) is 22.2 Å². The van der Waals surface area contributed by atoms with Crippen LogP contribution < -0.4 is 10.6 Å². The molecule has 2 N–H and O–H groups in total. The van der Waals surface area contributed by atoms with Crippen molar-refractivity contribution in [3.63, 3.8) is 0 Å². The number of nitrogens with two attached hydrogens (primary N) is 1. The minimum atomic E-state index is 0.175. The van der Waals surface area contributed by atoms with Gasteiger partial charge in [0.2, 0.25) is 0 Å². The lowest BCUT2D eigenvalue weighted by molar-refractivity contribution is 0.739. The third-order valence-corrected chi connectivity index (χ3v) is 4.27. The Morgan fingerprint density at radius 1 is 1.21 bits per heavy atom. The molecule has 0 radical (unpaired) electrons. The maximum atomic E-state index is 6.26. The summed E-state index contributed by atoms with van der Waals surface area (Å²) in [6, 6.07) is 13.9. The number of nitrogen functional groups attached to an aromatic ring is 1. The van der Waals surface area contributed by atoms with E-state index < -0.39 is 0 Å². The van der Waals surface area contributed by atoms with Gasteiger partial charge in [0.25, 0.3) is 0 Å². The highest BCUT2D eigenvalue weighted by molar-refractivity contribution is 9.10. The molecule has 1 atom stereocenters. The van der Waals surface area contributed by atoms with Crippen molar-refractivity contribution in [2.24, 2.45) is 0 Å². The Hall–Kier alpha value is -1.19. The molecule has 0 amide bonds. The quantitative estimate of drug-likeness (QED) is 0.807. The Morgan fingerprint density at radius 2 is 1.89 bits per heavy atom. The molecule has 0 bridgehead atoms. The molecule has 1 unspecified atom stereocenters. The van der Waals surface area contributed by atoms with E-state index in [-0.39, 0.29) is 6.04 Å². The van der Waals surface area contributed by atoms with Crippen molar-refractivity contribution in [1.29, 1.82) is 0 Å². The molecule has 0 fully saturated rings. The number of nitrogens with zero attached hydrogens (tertiary/aromatic N) is 1. The molecule has 2 aromatic rings. The van der Waals surface area contributed by atoms with Crippen LogP contribution in [0.1, 0.15) is 18.5 Å². The molecule has 19 heavy (non-hydrogen) atoms. The Morgan fingerprint density at radius 3 is 2.53 bits per heavy atom. The first-order chi connectivity index (χ1) is 9.00. The molecular weight excluding hydrogens is 324 g/mol. The van der Waals surface area contributed by atoms with Gasteiger partial charge >= 0.3 is 0 Å². The smallest absolute Gasteiger partial charge is 0.0526 e. The molecular formula is C15H16BrClN2. The summed E-state index contributed by atoms with van der Waals surface area (Å²) < 4.78 is 0.980. The Labute approximate surface area is 127 Å². The number of hydrogen-bond acceptors (Lipinski definition) is 2. The summed E-state index contributed by atoms with van der Waals surface area (Å²) in [5.41, 5.74) is 8.71. The van der Waals surface area contributed by atoms with E-state index in [2.05, 4.69) is 33.8 Å². The van der Waals surface area contributed by atoms with Gasteiger partial charge in [0.15, 0.2) is 0 Å². The predicted octanol–water partition coefficient (Wildman–Crippen LogP) is 4.88. The van der Waals surface area contributed by atoms with Crippen LogP contribution in [0.3, 0.4) is 0 Å². The average Bonchev–Trinajstić information content (AvgIpc) is 2.38. The third kappa shape index (κ3) is 3.04. The van der Waals surface area contributed by atoms with Gasteiger partial charge in [-0.15, -0.1) is 0 Å². The van der Waals surface area contributed by atoms with Gasteiger partial charge in [-0.2, -0.15) is 0 Å². The zero-order valence-corrected chi connectivity index (χ0v) is 13.2. The van der Waals surface area contributed by atoms with Crippen molar-refractivity contribution >= 4 is 38.9 Å². The minimum Gasteiger partial charge on any atom is -0.399 e. The molecule has 2 rings (SSSR count). The first-order valence-electron chi connectivity index (χ1n) is 6.03. The molecule has 0 saturated carbocycles. The van der Waals surface area contributed by atoms with Gasteiger partial charge < -0.3 is 10.6 Å². The van der Waals surface area contributed by atoms with E-state index in [1.165, 1.54) is 0 Å². The normalized spacial score (nSPS) is 12.2. The second-order valence-corrected chi connectivity index (χ2v) is 5.78. The maximum Gasteiger partial charge on any atom is 0.0526 e. The average molecular weight is 340 g/mol. The lowest BCUT2D eigenvalue weighted by Crippen LogP contribution is -2.22. The molecule has 100 valence electrons. The molecule has 2 aromatic carbocycles. The first kappa shape index (κ1) is 14.2. The molecule has 2 nitrogen and oxygen atoms in total. The van der Waals surface area contributed by atoms with Crippen LogP contribution in [0.4, 0.5) is 11.4 Å². The van der Waals surface area contributed by atoms with Crippen molar-refractivity contribution < 1.29 is 0 Å². The van der Waals surface area contributed by atoms with E-state index in [1.807, 2.05) is 43.4 Å². The fourth-order valence-electron chi connectivity index (χ4n) is 2.04. The van der Waals surface area contributed by atoms with E-state index in [9.17, 15) is 0 Å². The molecule has 0 aliphatic heterocycles. The molecule has 0 saturated heterocycles. The van der Waals surface area contributed by atoms with Crippen molar-refractivity contribution in [3.8, 4) is 0 Å². The Balaban J connectivity index is 2.33. The summed E-state index contributed by atoms with van der Waals surface area (Å²) in [6.45, 7) is 2.13. The first-order valence-corrected chi connectivity index (χ1v) is 7.20. The number of anilines is 2. The van der Waals surface area contributed by atoms with Crippen LogP contribution in [0.25, 0.3) is 0 Å². The second kappa shape index (κ2) is 5.85. The van der Waals surface area contributed by atoms with E-state index in [1.54, 1.807) is 0 Å². The van der Waals surface area contributed by atoms with Gasteiger partial charge in [-0.1, -0.05) is 29.8 Å². The third-order valence-electron chi connectivity index (χ3n) is 3.29. The van der Waals surface area contributed by atoms with Crippen LogP contribution in [-0.2, 0) is 0 Å². The Kier molecular flexibility index (Phi) is 4.38. The van der Waals surface area contributed by atoms with E-state index in [4.69, 9.17) is 17.3 Å². The molecule has 0 aromatic heterocycles. The summed E-state index contributed by atoms with van der Waals surface area (Å²) >= 11 is 9.81. The lowest BCUT2D eigenvalue weighted by atomic mass is 10.1. The van der Waals surface area contributed by atoms with Crippen LogP contribution in [0.15, 0.2) is 46.9 Å². The van der Waals surface area contributed by atoms with Gasteiger partial charge in [-0.25, -0.2) is 0 Å². The van der Waals surface area contributed by atoms with Crippen LogP contribution in [-0.4, -0.2) is 7.05 Å². The molecule has 0 spiro atoms. The lowest BCUT2D eigenvalue weighted by Gasteiger charge is -2.29. The standard InChI is InChI=1S/C15H16BrClN2/c1-10(12-5-3-4-6-14(12)17)19(2)15-8-7-11(18)9-13(15)16/h3-10H,18H2,1-2H3. The summed E-state index contributed by atoms with van der Waals surface area (Å²) in [6.07, 6.45) is 0. The van der Waals surface area contributed by atoms with Gasteiger partial charge in [-0.3, -0.25) is 0 Å². The van der Waals surface area contributed by atoms with Crippen molar-refractivity contribution in [2.75, 3.05) is 17.7 Å². The van der Waals surface area contributed by atoms with Crippen LogP contribution in [0.5, 0.6) is 0 Å². The molecule has 0 aliphatic rings. The van der Waals surface area contributed by atoms with E-state index in [0.717, 1.165) is 26.4 Å². The number of rotatable bonds is 3. The van der Waals surface area contributed by atoms with Crippen molar-refractivity contribution in [3.05, 3.63) is 57.5 Å². The summed E-state index contributed by atoms with van der Waals surface area (Å²) in [5, 5.41) is 0.786. The van der Waals surface area contributed by atoms with Crippen LogP contribution >= 0.6 is 27.5 Å². The van der Waals surface area contributed by atoms with Crippen LogP contribution in [0, 0.1) is 0 Å². The second-order valence-electron chi connectivity index (χ2n) is 4.52. The summed E-state index contributed by atoms with van der Waals surface area (Å²) in [5.74, 6) is 0. The monoisotopic (exact) mass is 338 g/mol. The molecule has 0 aliphatic carbocycles. The van der Waals surface area contributed by atoms with E-state index >= 15 is 0 Å². The Bertz CT molecular complexity index is 586. The predicted molar refractivity (Wildman–Crippen MR) is 86.8 cm³/mol. The minimum absolute atomic E-state index is 0.175. The van der Waals surface area contributed by atoms with Crippen LogP contribution in [0.2, 0.25) is 5.02 Å². The SMILES string of the molecule is CC(c1ccccc1Cl)N(C)c1ccc(N)cc1Br. The van der Waals surface area contributed by atoms with Gasteiger partial charge in [0.1, 0.15) is 0 Å². The van der Waals surface area contributed by atoms with Gasteiger partial charge in [0.05, 0.1) is 11.7 Å². The highest BCUT2D eigenvalue weighted by Gasteiger charge is 2.16. The van der Waals surface area contributed by atoms with Crippen molar-refractivity contribution in [2.45, 2.75) is 13.0 Å². The number of hydrogen-bond donors (Lipinski definition) is 1. The highest BCUT2D eigenvalue weighted by atomic mass is 79.9. The summed E-state index contributed by atoms with van der Waals surface area (Å²) in [4.78, 5) is 2.17. The van der Waals surface area contributed by atoms with Gasteiger partial charge in [-0.05, 0) is 52.7 Å². The molecule has 4 heteroatoms. The van der Waals surface area contributed by atoms with E-state index in [0.29, 0.717) is 0 Å². The zero-order chi connectivity index (χ0) is 14.0. The highest BCUT2D eigenvalue weighted by Crippen LogP contribution is 2.34. The fraction of sp³-hybridized carbons (Fsp3) is 0.200. The topological polar surface area (TPSA) is 29.3 Å².